The molecule has 3 aromatic carbocycles. The Bertz CT molecular complexity index is 1520. The molecule has 0 bridgehead atoms. The Balaban J connectivity index is 1.57. The molecule has 11 heteroatoms. The van der Waals surface area contributed by atoms with Crippen molar-refractivity contribution in [2.24, 2.45) is 5.92 Å². The predicted molar refractivity (Wildman–Crippen MR) is 190 cm³/mol. The van der Waals surface area contributed by atoms with Crippen LogP contribution in [0.1, 0.15) is 56.0 Å². The van der Waals surface area contributed by atoms with E-state index in [1.807, 2.05) is 44.2 Å². The first kappa shape index (κ1) is 37.2. The highest BCUT2D eigenvalue weighted by Crippen LogP contribution is 2.29. The van der Waals surface area contributed by atoms with E-state index in [-0.39, 0.29) is 55.1 Å². The number of hydrogen-bond donors (Lipinski definition) is 3. The van der Waals surface area contributed by atoms with Crippen molar-refractivity contribution in [3.05, 3.63) is 83.9 Å². The van der Waals surface area contributed by atoms with Gasteiger partial charge in [0.1, 0.15) is 11.5 Å². The summed E-state index contributed by atoms with van der Waals surface area (Å²) in [7, 11) is 3.35. The van der Waals surface area contributed by atoms with Crippen LogP contribution in [0.2, 0.25) is 0 Å². The second-order valence-electron chi connectivity index (χ2n) is 12.8. The number of ether oxygens (including phenoxy) is 3. The Morgan fingerprint density at radius 1 is 1.02 bits per heavy atom. The van der Waals surface area contributed by atoms with Crippen LogP contribution in [0, 0.1) is 5.92 Å². The predicted octanol–water partition coefficient (Wildman–Crippen LogP) is 5.84. The van der Waals surface area contributed by atoms with Crippen molar-refractivity contribution >= 4 is 29.2 Å². The smallest absolute Gasteiger partial charge is 0.323 e. The van der Waals surface area contributed by atoms with E-state index in [1.165, 1.54) is 0 Å². The highest BCUT2D eigenvalue weighted by Gasteiger charge is 2.31. The van der Waals surface area contributed by atoms with Gasteiger partial charge in [-0.15, -0.1) is 0 Å². The van der Waals surface area contributed by atoms with Crippen LogP contribution < -0.4 is 20.1 Å². The topological polar surface area (TPSA) is 130 Å². The quantitative estimate of drug-likeness (QED) is 0.260. The van der Waals surface area contributed by atoms with Crippen LogP contribution in [0.25, 0.3) is 0 Å². The fraction of sp³-hybridized carbons (Fsp3) is 0.447. The third-order valence-corrected chi connectivity index (χ3v) is 8.74. The maximum absolute atomic E-state index is 14.4. The van der Waals surface area contributed by atoms with E-state index in [1.54, 1.807) is 73.3 Å². The maximum Gasteiger partial charge on any atom is 0.323 e. The van der Waals surface area contributed by atoms with Gasteiger partial charge in [-0.3, -0.25) is 9.59 Å². The van der Waals surface area contributed by atoms with E-state index in [0.717, 1.165) is 24.8 Å². The minimum Gasteiger partial charge on any atom is -0.497 e. The molecule has 0 unspecified atom stereocenters. The number of carbonyl (C=O) groups is 3. The third-order valence-electron chi connectivity index (χ3n) is 8.74. The summed E-state index contributed by atoms with van der Waals surface area (Å²) in [4.78, 5) is 43.7. The average molecular weight is 675 g/mol. The van der Waals surface area contributed by atoms with Gasteiger partial charge in [0.2, 0.25) is 5.91 Å². The number of aliphatic hydroxyl groups excluding tert-OH is 1. The normalized spacial score (nSPS) is 19.4. The van der Waals surface area contributed by atoms with Gasteiger partial charge in [0, 0.05) is 44.0 Å². The first-order chi connectivity index (χ1) is 23.6. The van der Waals surface area contributed by atoms with Crippen LogP contribution in [0.4, 0.5) is 16.2 Å². The van der Waals surface area contributed by atoms with Gasteiger partial charge in [0.15, 0.2) is 0 Å². The van der Waals surface area contributed by atoms with E-state index in [0.29, 0.717) is 36.0 Å². The number of aliphatic hydroxyl groups is 1. The molecule has 0 saturated carbocycles. The molecule has 3 N–H and O–H groups in total. The van der Waals surface area contributed by atoms with E-state index < -0.39 is 12.1 Å². The standard InChI is InChI=1S/C38H50N4O7/c1-26-23-42(27(2)25-43)37(45)33-22-31(40-38(46)39-30-14-17-32(47-5)18-15-30)16-19-34(33)49-28(3)11-9-10-20-48-35(26)24-41(4)36(44)21-29-12-7-6-8-13-29/h6-8,12-19,22,26-28,35,43H,9-11,20-21,23-25H2,1-5H3,(H2,39,40,46)/t26-,27-,28+,35+/m0/s1. The van der Waals surface area contributed by atoms with Gasteiger partial charge in [-0.2, -0.15) is 0 Å². The van der Waals surface area contributed by atoms with Crippen molar-refractivity contribution in [1.29, 1.82) is 0 Å². The number of urea groups is 1. The molecule has 0 aromatic heterocycles. The highest BCUT2D eigenvalue weighted by atomic mass is 16.5. The van der Waals surface area contributed by atoms with E-state index in [4.69, 9.17) is 14.2 Å². The number of rotatable bonds is 9. The molecule has 264 valence electrons. The number of methoxy groups -OCH3 is 1. The van der Waals surface area contributed by atoms with Gasteiger partial charge < -0.3 is 39.8 Å². The molecular weight excluding hydrogens is 624 g/mol. The van der Waals surface area contributed by atoms with Crippen molar-refractivity contribution in [3.8, 4) is 11.5 Å². The zero-order valence-electron chi connectivity index (χ0n) is 29.2. The summed E-state index contributed by atoms with van der Waals surface area (Å²) in [5.41, 5.74) is 2.19. The molecule has 1 aliphatic heterocycles. The summed E-state index contributed by atoms with van der Waals surface area (Å²) in [6.07, 6.45) is 2.16. The number of nitrogens with zero attached hydrogens (tertiary/aromatic N) is 2. The second kappa shape index (κ2) is 18.2. The van der Waals surface area contributed by atoms with Gasteiger partial charge in [-0.25, -0.2) is 4.79 Å². The number of anilines is 2. The lowest BCUT2D eigenvalue weighted by atomic mass is 10.0. The van der Waals surface area contributed by atoms with Crippen molar-refractivity contribution in [1.82, 2.24) is 9.80 Å². The van der Waals surface area contributed by atoms with Gasteiger partial charge in [0.05, 0.1) is 44.0 Å². The zero-order chi connectivity index (χ0) is 35.3. The largest absolute Gasteiger partial charge is 0.497 e. The lowest BCUT2D eigenvalue weighted by molar-refractivity contribution is -0.131. The van der Waals surface area contributed by atoms with E-state index in [2.05, 4.69) is 10.6 Å². The fourth-order valence-corrected chi connectivity index (χ4v) is 5.71. The Morgan fingerprint density at radius 3 is 2.41 bits per heavy atom. The van der Waals surface area contributed by atoms with Crippen LogP contribution in [0.5, 0.6) is 11.5 Å². The number of nitrogens with one attached hydrogen (secondary N) is 2. The number of fused-ring (bicyclic) bond motifs is 1. The lowest BCUT2D eigenvalue weighted by Gasteiger charge is -2.36. The Labute approximate surface area is 289 Å². The maximum atomic E-state index is 14.4. The molecular formula is C38H50N4O7. The van der Waals surface area contributed by atoms with Gasteiger partial charge in [-0.1, -0.05) is 37.3 Å². The summed E-state index contributed by atoms with van der Waals surface area (Å²) in [6, 6.07) is 20.6. The Morgan fingerprint density at radius 2 is 1.71 bits per heavy atom. The van der Waals surface area contributed by atoms with E-state index >= 15 is 0 Å². The molecule has 0 spiro atoms. The summed E-state index contributed by atoms with van der Waals surface area (Å²) in [6.45, 7) is 6.61. The van der Waals surface area contributed by atoms with Crippen LogP contribution in [-0.4, -0.2) is 91.5 Å². The Hall–Kier alpha value is -4.61. The first-order valence-corrected chi connectivity index (χ1v) is 16.9. The number of carbonyl (C=O) groups excluding carboxylic acids is 3. The van der Waals surface area contributed by atoms with Gasteiger partial charge >= 0.3 is 6.03 Å². The number of amides is 4. The monoisotopic (exact) mass is 674 g/mol. The summed E-state index contributed by atoms with van der Waals surface area (Å²) < 4.78 is 17.9. The average Bonchev–Trinajstić information content (AvgIpc) is 3.10. The van der Waals surface area contributed by atoms with Crippen molar-refractivity contribution in [2.45, 2.75) is 64.7 Å². The molecule has 1 heterocycles. The second-order valence-corrected chi connectivity index (χ2v) is 12.8. The van der Waals surface area contributed by atoms with Gasteiger partial charge in [0.25, 0.3) is 5.91 Å². The van der Waals surface area contributed by atoms with Crippen molar-refractivity contribution in [3.63, 3.8) is 0 Å². The molecule has 0 saturated heterocycles. The number of likely N-dealkylation sites (N-methyl/N-ethyl adjacent to an activating group) is 1. The number of benzene rings is 3. The SMILES string of the molecule is COc1ccc(NC(=O)Nc2ccc3c(c2)C(=O)N([C@@H](C)CO)C[C@H](C)[C@@H](CN(C)C(=O)Cc2ccccc2)OCCCC[C@@H](C)O3)cc1. The third kappa shape index (κ3) is 11.0. The molecule has 4 atom stereocenters. The molecule has 4 amide bonds. The first-order valence-electron chi connectivity index (χ1n) is 16.9. The molecule has 3 aromatic rings. The molecule has 11 nitrogen and oxygen atoms in total. The summed E-state index contributed by atoms with van der Waals surface area (Å²) >= 11 is 0. The summed E-state index contributed by atoms with van der Waals surface area (Å²) in [5, 5.41) is 15.8. The van der Waals surface area contributed by atoms with E-state index in [9.17, 15) is 19.5 Å². The minimum atomic E-state index is -0.527. The minimum absolute atomic E-state index is 0.0194. The summed E-state index contributed by atoms with van der Waals surface area (Å²) in [5.74, 6) is 0.515. The number of hydrogen-bond acceptors (Lipinski definition) is 7. The van der Waals surface area contributed by atoms with Crippen LogP contribution in [0.3, 0.4) is 0 Å². The molecule has 49 heavy (non-hydrogen) atoms. The molecule has 0 fully saturated rings. The van der Waals surface area contributed by atoms with Crippen LogP contribution in [-0.2, 0) is 16.0 Å². The molecule has 0 radical (unpaired) electrons. The van der Waals surface area contributed by atoms with Crippen molar-refractivity contribution in [2.75, 3.05) is 51.1 Å². The highest BCUT2D eigenvalue weighted by molar-refractivity contribution is 6.02. The molecule has 1 aliphatic rings. The Kier molecular flexibility index (Phi) is 13.8. The lowest BCUT2D eigenvalue weighted by Crippen LogP contribution is -2.48. The van der Waals surface area contributed by atoms with Crippen molar-refractivity contribution < 1.29 is 33.7 Å². The van der Waals surface area contributed by atoms with Crippen LogP contribution >= 0.6 is 0 Å². The molecule has 4 rings (SSSR count). The zero-order valence-corrected chi connectivity index (χ0v) is 29.2. The van der Waals surface area contributed by atoms with Gasteiger partial charge in [-0.05, 0) is 81.1 Å². The molecule has 0 aliphatic carbocycles. The van der Waals surface area contributed by atoms with Crippen LogP contribution in [0.15, 0.2) is 72.8 Å². The fourth-order valence-electron chi connectivity index (χ4n) is 5.71.